The minimum absolute atomic E-state index is 0.0302. The van der Waals surface area contributed by atoms with Crippen molar-refractivity contribution in [1.82, 2.24) is 24.6 Å². The Morgan fingerprint density at radius 2 is 2.03 bits per heavy atom. The molecule has 160 valence electrons. The van der Waals surface area contributed by atoms with Gasteiger partial charge in [-0.2, -0.15) is 5.10 Å². The molecular weight excluding hydrogens is 394 g/mol. The molecule has 4 heterocycles. The van der Waals surface area contributed by atoms with E-state index in [0.29, 0.717) is 38.1 Å². The molecule has 2 aliphatic rings. The first-order valence-electron chi connectivity index (χ1n) is 10.6. The number of aryl methyl sites for hydroxylation is 1. The molecule has 0 unspecified atom stereocenters. The molecule has 0 aliphatic carbocycles. The molecule has 2 aromatic heterocycles. The van der Waals surface area contributed by atoms with E-state index >= 15 is 0 Å². The number of hydrogen-bond acceptors (Lipinski definition) is 5. The van der Waals surface area contributed by atoms with E-state index in [1.165, 1.54) is 6.33 Å². The smallest absolute Gasteiger partial charge is 0.255 e. The quantitative estimate of drug-likeness (QED) is 0.703. The summed E-state index contributed by atoms with van der Waals surface area (Å²) in [5.74, 6) is -0.259. The van der Waals surface area contributed by atoms with Crippen molar-refractivity contribution in [1.29, 1.82) is 0 Å². The molecule has 8 nitrogen and oxygen atoms in total. The van der Waals surface area contributed by atoms with E-state index in [1.807, 2.05) is 48.9 Å². The van der Waals surface area contributed by atoms with Gasteiger partial charge in [0.2, 0.25) is 5.91 Å². The van der Waals surface area contributed by atoms with Crippen LogP contribution in [0.4, 0.5) is 0 Å². The van der Waals surface area contributed by atoms with Crippen LogP contribution in [0.5, 0.6) is 0 Å². The maximum Gasteiger partial charge on any atom is 0.255 e. The molecule has 8 heteroatoms. The van der Waals surface area contributed by atoms with Crippen LogP contribution < -0.4 is 5.56 Å². The fraction of sp³-hybridized carbons (Fsp3) is 0.391. The third-order valence-corrected chi connectivity index (χ3v) is 6.36. The maximum absolute atomic E-state index is 13.5. The van der Waals surface area contributed by atoms with Crippen LogP contribution >= 0.6 is 0 Å². The number of benzene rings is 1. The summed E-state index contributed by atoms with van der Waals surface area (Å²) in [4.78, 5) is 34.3. The van der Waals surface area contributed by atoms with E-state index in [4.69, 9.17) is 9.84 Å². The van der Waals surface area contributed by atoms with Crippen LogP contribution in [0.15, 0.2) is 41.5 Å². The molecule has 0 saturated carbocycles. The second-order valence-electron chi connectivity index (χ2n) is 8.19. The summed E-state index contributed by atoms with van der Waals surface area (Å²) in [5, 5.41) is 4.73. The van der Waals surface area contributed by atoms with Crippen molar-refractivity contribution in [3.8, 4) is 5.69 Å². The molecule has 1 amide bonds. The Morgan fingerprint density at radius 1 is 1.23 bits per heavy atom. The number of nitrogens with one attached hydrogen (secondary N) is 1. The molecule has 1 saturated heterocycles. The monoisotopic (exact) mass is 419 g/mol. The lowest BCUT2D eigenvalue weighted by Crippen LogP contribution is -2.43. The van der Waals surface area contributed by atoms with Crippen molar-refractivity contribution >= 4 is 5.91 Å². The molecule has 2 atom stereocenters. The number of hydrogen-bond donors (Lipinski definition) is 1. The SMILES string of the molecule is Cc1nn(-c2ccccc2)c(C)c1[C@H]1OCC[C@@H]1C(=O)N1CCc2nc[nH]c(=O)c2C1. The molecule has 31 heavy (non-hydrogen) atoms. The van der Waals surface area contributed by atoms with E-state index in [0.717, 1.165) is 28.3 Å². The summed E-state index contributed by atoms with van der Waals surface area (Å²) >= 11 is 0. The van der Waals surface area contributed by atoms with Crippen molar-refractivity contribution in [3.63, 3.8) is 0 Å². The first-order chi connectivity index (χ1) is 15.0. The third-order valence-electron chi connectivity index (χ3n) is 6.36. The number of para-hydroxylation sites is 1. The lowest BCUT2D eigenvalue weighted by Gasteiger charge is -2.31. The Labute approximate surface area is 179 Å². The number of amides is 1. The van der Waals surface area contributed by atoms with E-state index in [1.54, 1.807) is 4.90 Å². The molecular formula is C23H25N5O3. The van der Waals surface area contributed by atoms with Crippen molar-refractivity contribution in [2.75, 3.05) is 13.2 Å². The number of H-pyrrole nitrogens is 1. The van der Waals surface area contributed by atoms with Gasteiger partial charge in [0.05, 0.1) is 47.5 Å². The number of aromatic amines is 1. The van der Waals surface area contributed by atoms with Gasteiger partial charge >= 0.3 is 0 Å². The molecule has 0 radical (unpaired) electrons. The highest BCUT2D eigenvalue weighted by molar-refractivity contribution is 5.80. The van der Waals surface area contributed by atoms with Gasteiger partial charge in [-0.25, -0.2) is 9.67 Å². The Kier molecular flexibility index (Phi) is 4.94. The molecule has 3 aromatic rings. The molecule has 0 bridgehead atoms. The summed E-state index contributed by atoms with van der Waals surface area (Å²) in [7, 11) is 0. The fourth-order valence-electron chi connectivity index (χ4n) is 4.79. The van der Waals surface area contributed by atoms with Gasteiger partial charge in [0, 0.05) is 30.8 Å². The molecule has 2 aliphatic heterocycles. The van der Waals surface area contributed by atoms with Crippen LogP contribution in [0.3, 0.4) is 0 Å². The van der Waals surface area contributed by atoms with Crippen LogP contribution in [0.1, 0.15) is 40.7 Å². The highest BCUT2D eigenvalue weighted by Crippen LogP contribution is 2.39. The van der Waals surface area contributed by atoms with Crippen molar-refractivity contribution in [3.05, 3.63) is 75.2 Å². The first kappa shape index (κ1) is 19.7. The van der Waals surface area contributed by atoms with Gasteiger partial charge in [0.25, 0.3) is 5.56 Å². The molecule has 5 rings (SSSR count). The maximum atomic E-state index is 13.5. The summed E-state index contributed by atoms with van der Waals surface area (Å²) in [6.07, 6.45) is 2.34. The minimum atomic E-state index is -0.335. The van der Waals surface area contributed by atoms with Gasteiger partial charge in [0.15, 0.2) is 0 Å². The normalized spacial score (nSPS) is 20.6. The number of fused-ring (bicyclic) bond motifs is 1. The second-order valence-corrected chi connectivity index (χ2v) is 8.19. The molecule has 0 spiro atoms. The third kappa shape index (κ3) is 3.37. The number of rotatable bonds is 3. The number of nitrogens with zero attached hydrogens (tertiary/aromatic N) is 4. The topological polar surface area (TPSA) is 93.1 Å². The Hall–Kier alpha value is -3.26. The van der Waals surface area contributed by atoms with Crippen LogP contribution in [0.2, 0.25) is 0 Å². The summed E-state index contributed by atoms with van der Waals surface area (Å²) < 4.78 is 8.00. The summed E-state index contributed by atoms with van der Waals surface area (Å²) in [6.45, 7) is 5.37. The van der Waals surface area contributed by atoms with E-state index in [2.05, 4.69) is 9.97 Å². The van der Waals surface area contributed by atoms with Gasteiger partial charge in [0.1, 0.15) is 0 Å². The largest absolute Gasteiger partial charge is 0.373 e. The van der Waals surface area contributed by atoms with Crippen LogP contribution in [-0.4, -0.2) is 43.7 Å². The highest BCUT2D eigenvalue weighted by atomic mass is 16.5. The van der Waals surface area contributed by atoms with E-state index in [9.17, 15) is 9.59 Å². The summed E-state index contributed by atoms with van der Waals surface area (Å²) in [5.41, 5.74) is 5.02. The molecule has 1 aromatic carbocycles. The van der Waals surface area contributed by atoms with Crippen LogP contribution in [0.25, 0.3) is 5.69 Å². The fourth-order valence-corrected chi connectivity index (χ4v) is 4.79. The van der Waals surface area contributed by atoms with Crippen molar-refractivity contribution in [2.24, 2.45) is 5.92 Å². The predicted octanol–water partition coefficient (Wildman–Crippen LogP) is 2.23. The Balaban J connectivity index is 1.43. The van der Waals surface area contributed by atoms with Gasteiger partial charge < -0.3 is 14.6 Å². The standard InChI is InChI=1S/C23H25N5O3/c1-14-20(15(2)28(26-14)16-6-4-3-5-7-16)21-17(9-11-31-21)23(30)27-10-8-19-18(12-27)22(29)25-13-24-19/h3-7,13,17,21H,8-12H2,1-2H3,(H,24,25,29)/t17-,21-/m0/s1. The number of carbonyl (C=O) groups is 1. The van der Waals surface area contributed by atoms with Crippen LogP contribution in [-0.2, 0) is 22.5 Å². The zero-order valence-electron chi connectivity index (χ0n) is 17.7. The Bertz CT molecular complexity index is 1180. The first-order valence-corrected chi connectivity index (χ1v) is 10.6. The number of aromatic nitrogens is 4. The lowest BCUT2D eigenvalue weighted by atomic mass is 9.92. The van der Waals surface area contributed by atoms with E-state index < -0.39 is 0 Å². The van der Waals surface area contributed by atoms with Crippen LogP contribution in [0, 0.1) is 19.8 Å². The minimum Gasteiger partial charge on any atom is -0.373 e. The van der Waals surface area contributed by atoms with E-state index in [-0.39, 0.29) is 23.5 Å². The average molecular weight is 419 g/mol. The van der Waals surface area contributed by atoms with Crippen molar-refractivity contribution < 1.29 is 9.53 Å². The lowest BCUT2D eigenvalue weighted by molar-refractivity contribution is -0.138. The van der Waals surface area contributed by atoms with Crippen molar-refractivity contribution in [2.45, 2.75) is 39.3 Å². The van der Waals surface area contributed by atoms with Gasteiger partial charge in [-0.15, -0.1) is 0 Å². The summed E-state index contributed by atoms with van der Waals surface area (Å²) in [6, 6.07) is 9.96. The molecule has 1 N–H and O–H groups in total. The van der Waals surface area contributed by atoms with Gasteiger partial charge in [-0.3, -0.25) is 9.59 Å². The highest BCUT2D eigenvalue weighted by Gasteiger charge is 2.41. The predicted molar refractivity (Wildman–Crippen MR) is 114 cm³/mol. The Morgan fingerprint density at radius 3 is 2.84 bits per heavy atom. The average Bonchev–Trinajstić information content (AvgIpc) is 3.37. The zero-order chi connectivity index (χ0) is 21.5. The zero-order valence-corrected chi connectivity index (χ0v) is 17.7. The number of carbonyl (C=O) groups excluding carboxylic acids is 1. The second kappa shape index (κ2) is 7.77. The number of ether oxygens (including phenoxy) is 1. The van der Waals surface area contributed by atoms with Gasteiger partial charge in [-0.1, -0.05) is 18.2 Å². The molecule has 1 fully saturated rings. The van der Waals surface area contributed by atoms with Gasteiger partial charge in [-0.05, 0) is 32.4 Å².